The maximum absolute atomic E-state index is 13.9. The molecular formula is C14H13ClFNS. The van der Waals surface area contributed by atoms with Crippen molar-refractivity contribution in [3.8, 4) is 0 Å². The molecule has 1 nitrogen and oxygen atoms in total. The van der Waals surface area contributed by atoms with Crippen LogP contribution in [0, 0.1) is 5.82 Å². The van der Waals surface area contributed by atoms with Crippen LogP contribution in [0.1, 0.15) is 17.2 Å². The lowest BCUT2D eigenvalue weighted by Gasteiger charge is -2.16. The van der Waals surface area contributed by atoms with Crippen LogP contribution in [0.25, 0.3) is 0 Å². The van der Waals surface area contributed by atoms with Gasteiger partial charge >= 0.3 is 0 Å². The molecule has 1 unspecified atom stereocenters. The van der Waals surface area contributed by atoms with Gasteiger partial charge in [0.05, 0.1) is 6.04 Å². The SMILES string of the molecule is CSc1ccccc1C(N)c1ccc(Cl)cc1F. The van der Waals surface area contributed by atoms with Gasteiger partial charge in [0.25, 0.3) is 0 Å². The quantitative estimate of drug-likeness (QED) is 0.851. The number of thioether (sulfide) groups is 1. The molecule has 0 aliphatic carbocycles. The molecule has 0 radical (unpaired) electrons. The molecule has 0 aromatic heterocycles. The Balaban J connectivity index is 2.44. The van der Waals surface area contributed by atoms with Crippen molar-refractivity contribution in [1.82, 2.24) is 0 Å². The molecule has 0 spiro atoms. The lowest BCUT2D eigenvalue weighted by molar-refractivity contribution is 0.598. The molecule has 1 atom stereocenters. The fourth-order valence-electron chi connectivity index (χ4n) is 1.84. The van der Waals surface area contributed by atoms with Gasteiger partial charge in [-0.3, -0.25) is 0 Å². The Kier molecular flexibility index (Phi) is 4.27. The Morgan fingerprint density at radius 1 is 1.17 bits per heavy atom. The zero-order valence-corrected chi connectivity index (χ0v) is 11.4. The third kappa shape index (κ3) is 2.69. The number of nitrogens with two attached hydrogens (primary N) is 1. The van der Waals surface area contributed by atoms with Crippen LogP contribution in [0.5, 0.6) is 0 Å². The topological polar surface area (TPSA) is 26.0 Å². The number of rotatable bonds is 3. The van der Waals surface area contributed by atoms with Crippen LogP contribution < -0.4 is 5.73 Å². The Bertz CT molecular complexity index is 559. The summed E-state index contributed by atoms with van der Waals surface area (Å²) in [6.07, 6.45) is 1.98. The van der Waals surface area contributed by atoms with E-state index in [1.165, 1.54) is 6.07 Å². The zero-order valence-electron chi connectivity index (χ0n) is 9.86. The fourth-order valence-corrected chi connectivity index (χ4v) is 2.65. The first-order chi connectivity index (χ1) is 8.63. The summed E-state index contributed by atoms with van der Waals surface area (Å²) < 4.78 is 13.9. The standard InChI is InChI=1S/C14H13ClFNS/c1-18-13-5-3-2-4-11(13)14(17)10-7-6-9(15)8-12(10)16/h2-8,14H,17H2,1H3. The number of hydrogen-bond donors (Lipinski definition) is 1. The van der Waals surface area contributed by atoms with Crippen LogP contribution in [-0.2, 0) is 0 Å². The Morgan fingerprint density at radius 2 is 1.89 bits per heavy atom. The van der Waals surface area contributed by atoms with Crippen LogP contribution in [0.3, 0.4) is 0 Å². The highest BCUT2D eigenvalue weighted by atomic mass is 35.5. The van der Waals surface area contributed by atoms with E-state index in [4.69, 9.17) is 17.3 Å². The first-order valence-electron chi connectivity index (χ1n) is 5.47. The molecule has 0 saturated heterocycles. The maximum atomic E-state index is 13.9. The van der Waals surface area contributed by atoms with Crippen molar-refractivity contribution in [3.63, 3.8) is 0 Å². The normalized spacial score (nSPS) is 12.4. The van der Waals surface area contributed by atoms with Crippen LogP contribution >= 0.6 is 23.4 Å². The van der Waals surface area contributed by atoms with Crippen LogP contribution in [0.4, 0.5) is 4.39 Å². The molecule has 0 heterocycles. The molecule has 2 aromatic rings. The molecule has 2 aromatic carbocycles. The average molecular weight is 282 g/mol. The van der Waals surface area contributed by atoms with Gasteiger partial charge in [-0.1, -0.05) is 35.9 Å². The van der Waals surface area contributed by atoms with Gasteiger partial charge in [0, 0.05) is 15.5 Å². The summed E-state index contributed by atoms with van der Waals surface area (Å²) in [5, 5.41) is 0.376. The van der Waals surface area contributed by atoms with Crippen molar-refractivity contribution in [2.45, 2.75) is 10.9 Å². The molecule has 4 heteroatoms. The minimum Gasteiger partial charge on any atom is -0.320 e. The Hall–Kier alpha value is -1.03. The second-order valence-electron chi connectivity index (χ2n) is 3.89. The first-order valence-corrected chi connectivity index (χ1v) is 7.07. The monoisotopic (exact) mass is 281 g/mol. The highest BCUT2D eigenvalue weighted by molar-refractivity contribution is 7.98. The van der Waals surface area contributed by atoms with Gasteiger partial charge in [0.2, 0.25) is 0 Å². The van der Waals surface area contributed by atoms with Gasteiger partial charge in [-0.15, -0.1) is 11.8 Å². The molecule has 0 saturated carbocycles. The summed E-state index contributed by atoms with van der Waals surface area (Å²) in [4.78, 5) is 1.05. The van der Waals surface area contributed by atoms with E-state index in [2.05, 4.69) is 0 Å². The summed E-state index contributed by atoms with van der Waals surface area (Å²) in [6.45, 7) is 0. The van der Waals surface area contributed by atoms with E-state index in [1.807, 2.05) is 30.5 Å². The lowest BCUT2D eigenvalue weighted by Crippen LogP contribution is -2.14. The van der Waals surface area contributed by atoms with Gasteiger partial charge in [-0.05, 0) is 30.0 Å². The molecule has 18 heavy (non-hydrogen) atoms. The van der Waals surface area contributed by atoms with Gasteiger partial charge in [0.15, 0.2) is 0 Å². The summed E-state index contributed by atoms with van der Waals surface area (Å²) in [5.74, 6) is -0.370. The van der Waals surface area contributed by atoms with Gasteiger partial charge in [-0.2, -0.15) is 0 Å². The molecule has 0 aliphatic rings. The molecule has 94 valence electrons. The molecule has 0 amide bonds. The smallest absolute Gasteiger partial charge is 0.129 e. The van der Waals surface area contributed by atoms with Crippen molar-refractivity contribution < 1.29 is 4.39 Å². The predicted octanol–water partition coefficient (Wildman–Crippen LogP) is 4.25. The van der Waals surface area contributed by atoms with Gasteiger partial charge in [-0.25, -0.2) is 4.39 Å². The summed E-state index contributed by atoms with van der Waals surface area (Å²) >= 11 is 7.34. The van der Waals surface area contributed by atoms with E-state index in [0.717, 1.165) is 10.5 Å². The van der Waals surface area contributed by atoms with Crippen molar-refractivity contribution in [2.75, 3.05) is 6.26 Å². The predicted molar refractivity (Wildman–Crippen MR) is 75.7 cm³/mol. The van der Waals surface area contributed by atoms with E-state index >= 15 is 0 Å². The van der Waals surface area contributed by atoms with E-state index < -0.39 is 6.04 Å². The maximum Gasteiger partial charge on any atom is 0.129 e. The van der Waals surface area contributed by atoms with E-state index in [9.17, 15) is 4.39 Å². The third-order valence-corrected chi connectivity index (χ3v) is 3.82. The molecule has 0 bridgehead atoms. The van der Waals surface area contributed by atoms with Crippen molar-refractivity contribution in [3.05, 3.63) is 64.4 Å². The second kappa shape index (κ2) is 5.74. The highest BCUT2D eigenvalue weighted by Crippen LogP contribution is 2.30. The lowest BCUT2D eigenvalue weighted by atomic mass is 9.99. The average Bonchev–Trinajstić information content (AvgIpc) is 2.38. The highest BCUT2D eigenvalue weighted by Gasteiger charge is 2.16. The van der Waals surface area contributed by atoms with E-state index in [0.29, 0.717) is 10.6 Å². The number of hydrogen-bond acceptors (Lipinski definition) is 2. The zero-order chi connectivity index (χ0) is 13.1. The Morgan fingerprint density at radius 3 is 2.56 bits per heavy atom. The summed E-state index contributed by atoms with van der Waals surface area (Å²) in [6, 6.07) is 11.9. The largest absolute Gasteiger partial charge is 0.320 e. The molecule has 0 aliphatic heterocycles. The Labute approximate surface area is 115 Å². The molecular weight excluding hydrogens is 269 g/mol. The van der Waals surface area contributed by atoms with Gasteiger partial charge in [0.1, 0.15) is 5.82 Å². The van der Waals surface area contributed by atoms with E-state index in [1.54, 1.807) is 23.9 Å². The van der Waals surface area contributed by atoms with Crippen molar-refractivity contribution >= 4 is 23.4 Å². The van der Waals surface area contributed by atoms with Crippen LogP contribution in [0.15, 0.2) is 47.4 Å². The fraction of sp³-hybridized carbons (Fsp3) is 0.143. The first kappa shape index (κ1) is 13.4. The van der Waals surface area contributed by atoms with Gasteiger partial charge < -0.3 is 5.73 Å². The summed E-state index contributed by atoms with van der Waals surface area (Å²) in [7, 11) is 0. The second-order valence-corrected chi connectivity index (χ2v) is 5.17. The number of benzene rings is 2. The third-order valence-electron chi connectivity index (χ3n) is 2.77. The summed E-state index contributed by atoms with van der Waals surface area (Å²) in [5.41, 5.74) is 7.53. The van der Waals surface area contributed by atoms with Crippen LogP contribution in [-0.4, -0.2) is 6.26 Å². The van der Waals surface area contributed by atoms with Crippen molar-refractivity contribution in [1.29, 1.82) is 0 Å². The van der Waals surface area contributed by atoms with E-state index in [-0.39, 0.29) is 5.82 Å². The minimum absolute atomic E-state index is 0.370. The molecule has 2 rings (SSSR count). The van der Waals surface area contributed by atoms with Crippen LogP contribution in [0.2, 0.25) is 5.02 Å². The van der Waals surface area contributed by atoms with Crippen molar-refractivity contribution in [2.24, 2.45) is 5.73 Å². The number of halogens is 2. The molecule has 2 N–H and O–H groups in total. The minimum atomic E-state index is -0.481. The molecule has 0 fully saturated rings.